The summed E-state index contributed by atoms with van der Waals surface area (Å²) in [7, 11) is 0. The van der Waals surface area contributed by atoms with Gasteiger partial charge in [-0.15, -0.1) is 0 Å². The second-order valence-corrected chi connectivity index (χ2v) is 12.8. The maximum Gasteiger partial charge on any atom is 0.164 e. The molecule has 4 aromatic carbocycles. The van der Waals surface area contributed by atoms with Crippen LogP contribution in [0.15, 0.2) is 123 Å². The first-order valence-electron chi connectivity index (χ1n) is 17.9. The minimum atomic E-state index is 0.345. The second kappa shape index (κ2) is 14.3. The summed E-state index contributed by atoms with van der Waals surface area (Å²) in [5.41, 5.74) is 5.20. The Labute approximate surface area is 320 Å². The van der Waals surface area contributed by atoms with E-state index in [2.05, 4.69) is 36.3 Å². The van der Waals surface area contributed by atoms with Gasteiger partial charge in [0.1, 0.15) is 72.0 Å². The van der Waals surface area contributed by atoms with Crippen LogP contribution in [-0.2, 0) is 0 Å². The number of rotatable bonds is 12. The molecular weight excluding hydrogens is 705 g/mol. The first-order valence-corrected chi connectivity index (χ1v) is 17.9. The number of H-pyrrole nitrogens is 2. The lowest BCUT2D eigenvalue weighted by Gasteiger charge is -2.05. The van der Waals surface area contributed by atoms with E-state index < -0.39 is 0 Å². The Morgan fingerprint density at radius 2 is 0.696 bits per heavy atom. The van der Waals surface area contributed by atoms with Crippen molar-refractivity contribution < 1.29 is 18.9 Å². The Hall–Kier alpha value is -7.60. The molecule has 56 heavy (non-hydrogen) atoms. The van der Waals surface area contributed by atoms with Crippen LogP contribution in [0.5, 0.6) is 23.0 Å². The summed E-state index contributed by atoms with van der Waals surface area (Å²) < 4.78 is 23.7. The summed E-state index contributed by atoms with van der Waals surface area (Å²) in [6.45, 7) is 16.6. The minimum absolute atomic E-state index is 0.345. The van der Waals surface area contributed by atoms with Crippen LogP contribution in [0.25, 0.3) is 89.7 Å². The molecule has 3 aromatic heterocycles. The van der Waals surface area contributed by atoms with E-state index in [1.165, 1.54) is 0 Å². The van der Waals surface area contributed by atoms with Gasteiger partial charge in [0, 0.05) is 43.8 Å². The van der Waals surface area contributed by atoms with Gasteiger partial charge in [-0.25, -0.2) is 29.9 Å². The van der Waals surface area contributed by atoms with E-state index in [1.807, 2.05) is 72.8 Å². The zero-order valence-corrected chi connectivity index (χ0v) is 30.2. The summed E-state index contributed by atoms with van der Waals surface area (Å²) in [6, 6.07) is 23.0. The molecule has 7 aromatic rings. The van der Waals surface area contributed by atoms with Crippen molar-refractivity contribution in [3.05, 3.63) is 123 Å². The van der Waals surface area contributed by atoms with Gasteiger partial charge < -0.3 is 28.9 Å². The van der Waals surface area contributed by atoms with Crippen LogP contribution in [0.4, 0.5) is 0 Å². The zero-order valence-electron chi connectivity index (χ0n) is 30.2. The summed E-state index contributed by atoms with van der Waals surface area (Å²) in [4.78, 5) is 37.5. The number of aromatic amines is 2. The quantitative estimate of drug-likeness (QED) is 0.116. The molecule has 12 heteroatoms. The lowest BCUT2D eigenvalue weighted by molar-refractivity contribution is 0.363. The van der Waals surface area contributed by atoms with E-state index in [-0.39, 0.29) is 0 Å². The number of nitrogens with zero attached hydrogens (tertiary/aromatic N) is 6. The van der Waals surface area contributed by atoms with Crippen molar-refractivity contribution in [2.75, 3.05) is 26.4 Å². The molecule has 0 radical (unpaired) electrons. The van der Waals surface area contributed by atoms with Gasteiger partial charge in [0.2, 0.25) is 0 Å². The van der Waals surface area contributed by atoms with Crippen molar-refractivity contribution in [3.63, 3.8) is 0 Å². The largest absolute Gasteiger partial charge is 0.490 e. The Kier molecular flexibility index (Phi) is 8.75. The SMILES string of the molecule is C=CCOc1ccc2c(c1)-c1nc-2nc2[nH]c(nc3nc(nc4[nH]c(n1)c1cc(OCC=C)ccc41)-c1ccc(OCC=C)cc1-3)c1cc(OCC=C)ccc21. The zero-order chi connectivity index (χ0) is 38.2. The predicted molar refractivity (Wildman–Crippen MR) is 219 cm³/mol. The van der Waals surface area contributed by atoms with Crippen LogP contribution in [0.3, 0.4) is 0 Å². The molecule has 5 heterocycles. The highest BCUT2D eigenvalue weighted by molar-refractivity contribution is 6.07. The van der Waals surface area contributed by atoms with Gasteiger partial charge in [0.25, 0.3) is 0 Å². The molecule has 0 atom stereocenters. The molecular formula is C44H34N8O4. The lowest BCUT2D eigenvalue weighted by atomic mass is 10.1. The average Bonchev–Trinajstić information content (AvgIpc) is 3.95. The van der Waals surface area contributed by atoms with Gasteiger partial charge in [-0.1, -0.05) is 50.6 Å². The number of fused-ring (bicyclic) bond motifs is 20. The Morgan fingerprint density at radius 1 is 0.375 bits per heavy atom. The molecule has 8 bridgehead atoms. The van der Waals surface area contributed by atoms with Crippen molar-refractivity contribution in [2.45, 2.75) is 0 Å². The first-order chi connectivity index (χ1) is 27.5. The number of hydrogen-bond acceptors (Lipinski definition) is 10. The van der Waals surface area contributed by atoms with Crippen molar-refractivity contribution in [1.29, 1.82) is 0 Å². The fourth-order valence-corrected chi connectivity index (χ4v) is 6.69. The number of ether oxygens (including phenoxy) is 4. The molecule has 2 aliphatic rings. The second-order valence-electron chi connectivity index (χ2n) is 12.8. The number of hydrogen-bond donors (Lipinski definition) is 2. The van der Waals surface area contributed by atoms with Gasteiger partial charge >= 0.3 is 0 Å². The van der Waals surface area contributed by atoms with Gasteiger partial charge in [-0.05, 0) is 72.8 Å². The maximum absolute atomic E-state index is 5.93. The van der Waals surface area contributed by atoms with Gasteiger partial charge in [0.15, 0.2) is 23.3 Å². The van der Waals surface area contributed by atoms with Crippen molar-refractivity contribution in [2.24, 2.45) is 0 Å². The normalized spacial score (nSPS) is 11.4. The van der Waals surface area contributed by atoms with Crippen LogP contribution in [0.1, 0.15) is 0 Å². The van der Waals surface area contributed by atoms with Crippen molar-refractivity contribution in [3.8, 4) is 68.5 Å². The summed E-state index contributed by atoms with van der Waals surface area (Å²) in [5.74, 6) is 4.39. The predicted octanol–water partition coefficient (Wildman–Crippen LogP) is 9.13. The fraction of sp³-hybridized carbons (Fsp3) is 0.0909. The van der Waals surface area contributed by atoms with E-state index in [0.717, 1.165) is 43.8 Å². The molecule has 0 spiro atoms. The molecule has 274 valence electrons. The maximum atomic E-state index is 5.93. The summed E-state index contributed by atoms with van der Waals surface area (Å²) in [5, 5.41) is 3.17. The molecule has 9 rings (SSSR count). The molecule has 2 N–H and O–H groups in total. The van der Waals surface area contributed by atoms with Crippen LogP contribution in [0.2, 0.25) is 0 Å². The average molecular weight is 739 g/mol. The minimum Gasteiger partial charge on any atom is -0.490 e. The van der Waals surface area contributed by atoms with Gasteiger partial charge in [-0.3, -0.25) is 0 Å². The Balaban J connectivity index is 1.40. The van der Waals surface area contributed by atoms with E-state index in [0.29, 0.717) is 95.3 Å². The Morgan fingerprint density at radius 3 is 1.07 bits per heavy atom. The Bertz CT molecular complexity index is 2730. The van der Waals surface area contributed by atoms with Crippen molar-refractivity contribution >= 4 is 44.1 Å². The van der Waals surface area contributed by atoms with Gasteiger partial charge in [-0.2, -0.15) is 0 Å². The van der Waals surface area contributed by atoms with E-state index in [4.69, 9.17) is 48.9 Å². The third-order valence-corrected chi connectivity index (χ3v) is 9.19. The van der Waals surface area contributed by atoms with Gasteiger partial charge in [0.05, 0.1) is 0 Å². The topological polar surface area (TPSA) is 146 Å². The summed E-state index contributed by atoms with van der Waals surface area (Å²) in [6.07, 6.45) is 6.80. The highest BCUT2D eigenvalue weighted by atomic mass is 16.5. The van der Waals surface area contributed by atoms with Crippen LogP contribution in [-0.4, -0.2) is 66.3 Å². The van der Waals surface area contributed by atoms with E-state index in [9.17, 15) is 0 Å². The smallest absolute Gasteiger partial charge is 0.164 e. The molecule has 0 saturated carbocycles. The molecule has 0 fully saturated rings. The standard InChI is InChI=1S/C44H34N8O4/c1-5-17-53-25-9-13-29-33(21-25)41-47-37(29)45-38-31-15-11-27(55-19-7-3)23-35(31)43(49-38)52-44-36-24-28(56-20-8-4)12-16-32(36)40(50-44)46-39-30-14-10-26(54-18-6-2)22-34(30)42(48-39)51-41/h5-16,21-24H,1-4,17-20H2,(H2,45,46,47,48,49,50,51,52). The highest BCUT2D eigenvalue weighted by Gasteiger charge is 2.24. The fourth-order valence-electron chi connectivity index (χ4n) is 6.69. The molecule has 2 aliphatic heterocycles. The number of aromatic nitrogens is 8. The third-order valence-electron chi connectivity index (χ3n) is 9.19. The summed E-state index contributed by atoms with van der Waals surface area (Å²) >= 11 is 0. The molecule has 0 unspecified atom stereocenters. The highest BCUT2D eigenvalue weighted by Crippen LogP contribution is 2.40. The monoisotopic (exact) mass is 738 g/mol. The lowest BCUT2D eigenvalue weighted by Crippen LogP contribution is -1.93. The molecule has 0 saturated heterocycles. The first kappa shape index (κ1) is 34.2. The van der Waals surface area contributed by atoms with E-state index in [1.54, 1.807) is 24.3 Å². The number of benzene rings is 4. The van der Waals surface area contributed by atoms with Crippen LogP contribution >= 0.6 is 0 Å². The molecule has 0 amide bonds. The van der Waals surface area contributed by atoms with Crippen LogP contribution < -0.4 is 18.9 Å². The van der Waals surface area contributed by atoms with Crippen molar-refractivity contribution in [1.82, 2.24) is 39.9 Å². The molecule has 0 aliphatic carbocycles. The number of nitrogens with one attached hydrogen (secondary N) is 2. The third kappa shape index (κ3) is 6.18. The van der Waals surface area contributed by atoms with Crippen LogP contribution in [0, 0.1) is 0 Å². The molecule has 12 nitrogen and oxygen atoms in total. The van der Waals surface area contributed by atoms with E-state index >= 15 is 0 Å².